The van der Waals surface area contributed by atoms with Gasteiger partial charge >= 0.3 is 0 Å². The average molecular weight is 337 g/mol. The summed E-state index contributed by atoms with van der Waals surface area (Å²) in [6.45, 7) is 0. The standard InChI is InChI=1S/C15H17BrN2S/c16-14-8-4-5-9-15(14)19-11-13(18-17)10-12-6-2-1-3-7-12/h1-9,13,18H,10-11,17H2. The monoisotopic (exact) mass is 336 g/mol. The van der Waals surface area contributed by atoms with Crippen LogP contribution < -0.4 is 11.3 Å². The normalized spacial score (nSPS) is 12.3. The van der Waals surface area contributed by atoms with E-state index < -0.39 is 0 Å². The van der Waals surface area contributed by atoms with Gasteiger partial charge in [0.1, 0.15) is 0 Å². The second kappa shape index (κ2) is 7.70. The molecule has 0 aliphatic carbocycles. The van der Waals surface area contributed by atoms with E-state index in [1.165, 1.54) is 10.5 Å². The van der Waals surface area contributed by atoms with Crippen LogP contribution in [0.1, 0.15) is 5.56 Å². The van der Waals surface area contributed by atoms with Gasteiger partial charge in [-0.1, -0.05) is 42.5 Å². The first-order chi connectivity index (χ1) is 9.29. The predicted molar refractivity (Wildman–Crippen MR) is 86.1 cm³/mol. The van der Waals surface area contributed by atoms with Crippen LogP contribution in [-0.4, -0.2) is 11.8 Å². The van der Waals surface area contributed by atoms with E-state index in [4.69, 9.17) is 5.84 Å². The first-order valence-electron chi connectivity index (χ1n) is 6.17. The summed E-state index contributed by atoms with van der Waals surface area (Å²) in [6.07, 6.45) is 0.939. The van der Waals surface area contributed by atoms with E-state index >= 15 is 0 Å². The number of thioether (sulfide) groups is 1. The van der Waals surface area contributed by atoms with Crippen LogP contribution in [0.15, 0.2) is 64.0 Å². The summed E-state index contributed by atoms with van der Waals surface area (Å²) in [5.41, 5.74) is 4.21. The van der Waals surface area contributed by atoms with Crippen molar-refractivity contribution in [3.63, 3.8) is 0 Å². The van der Waals surface area contributed by atoms with Crippen LogP contribution in [0.4, 0.5) is 0 Å². The second-order valence-corrected chi connectivity index (χ2v) is 6.21. The minimum atomic E-state index is 0.263. The topological polar surface area (TPSA) is 38.0 Å². The van der Waals surface area contributed by atoms with Crippen LogP contribution in [0.2, 0.25) is 0 Å². The lowest BCUT2D eigenvalue weighted by Crippen LogP contribution is -2.38. The lowest BCUT2D eigenvalue weighted by molar-refractivity contribution is 0.575. The smallest absolute Gasteiger partial charge is 0.0344 e. The van der Waals surface area contributed by atoms with Crippen molar-refractivity contribution >= 4 is 27.7 Å². The van der Waals surface area contributed by atoms with E-state index in [0.29, 0.717) is 0 Å². The molecule has 0 aliphatic rings. The predicted octanol–water partition coefficient (Wildman–Crippen LogP) is 3.62. The fourth-order valence-corrected chi connectivity index (χ4v) is 3.42. The number of rotatable bonds is 6. The molecule has 0 heterocycles. The van der Waals surface area contributed by atoms with Gasteiger partial charge in [0.05, 0.1) is 0 Å². The molecule has 0 saturated carbocycles. The van der Waals surface area contributed by atoms with Gasteiger partial charge in [0.2, 0.25) is 0 Å². The van der Waals surface area contributed by atoms with Crippen molar-refractivity contribution in [1.82, 2.24) is 5.43 Å². The first kappa shape index (κ1) is 14.6. The lowest BCUT2D eigenvalue weighted by atomic mass is 10.1. The molecule has 0 saturated heterocycles. The zero-order valence-electron chi connectivity index (χ0n) is 10.6. The Morgan fingerprint density at radius 3 is 2.42 bits per heavy atom. The van der Waals surface area contributed by atoms with Crippen molar-refractivity contribution in [1.29, 1.82) is 0 Å². The molecule has 2 nitrogen and oxygen atoms in total. The summed E-state index contributed by atoms with van der Waals surface area (Å²) in [6, 6.07) is 18.9. The summed E-state index contributed by atoms with van der Waals surface area (Å²) in [4.78, 5) is 1.25. The highest BCUT2D eigenvalue weighted by atomic mass is 79.9. The Morgan fingerprint density at radius 1 is 1.05 bits per heavy atom. The largest absolute Gasteiger partial charge is 0.271 e. The van der Waals surface area contributed by atoms with Gasteiger partial charge in [0, 0.05) is 21.2 Å². The number of hydrogen-bond donors (Lipinski definition) is 2. The molecule has 2 aromatic rings. The Labute approximate surface area is 126 Å². The van der Waals surface area contributed by atoms with Crippen molar-refractivity contribution in [3.8, 4) is 0 Å². The third-order valence-electron chi connectivity index (χ3n) is 2.84. The minimum Gasteiger partial charge on any atom is -0.271 e. The van der Waals surface area contributed by atoms with Crippen molar-refractivity contribution in [2.75, 3.05) is 5.75 Å². The van der Waals surface area contributed by atoms with Gasteiger partial charge < -0.3 is 0 Å². The van der Waals surface area contributed by atoms with Crippen LogP contribution >= 0.6 is 27.7 Å². The van der Waals surface area contributed by atoms with E-state index in [1.54, 1.807) is 0 Å². The molecular weight excluding hydrogens is 320 g/mol. The third kappa shape index (κ3) is 4.66. The molecule has 2 rings (SSSR count). The molecule has 0 bridgehead atoms. The van der Waals surface area contributed by atoms with Gasteiger partial charge in [0.25, 0.3) is 0 Å². The number of hydrogen-bond acceptors (Lipinski definition) is 3. The number of halogens is 1. The molecule has 1 atom stereocenters. The maximum Gasteiger partial charge on any atom is 0.0344 e. The first-order valence-corrected chi connectivity index (χ1v) is 7.95. The summed E-state index contributed by atoms with van der Waals surface area (Å²) >= 11 is 5.37. The molecular formula is C15H17BrN2S. The van der Waals surface area contributed by atoms with Crippen LogP contribution in [0.5, 0.6) is 0 Å². The van der Waals surface area contributed by atoms with Gasteiger partial charge in [-0.2, -0.15) is 0 Å². The summed E-state index contributed by atoms with van der Waals surface area (Å²) in [5.74, 6) is 6.59. The summed E-state index contributed by atoms with van der Waals surface area (Å²) in [5, 5.41) is 0. The average Bonchev–Trinajstić information content (AvgIpc) is 2.46. The molecule has 0 fully saturated rings. The highest BCUT2D eigenvalue weighted by Gasteiger charge is 2.09. The molecule has 2 aromatic carbocycles. The highest BCUT2D eigenvalue weighted by Crippen LogP contribution is 2.27. The van der Waals surface area contributed by atoms with Crippen molar-refractivity contribution in [3.05, 3.63) is 64.6 Å². The molecule has 0 aliphatic heterocycles. The zero-order valence-corrected chi connectivity index (χ0v) is 13.0. The van der Waals surface area contributed by atoms with Crippen molar-refractivity contribution < 1.29 is 0 Å². The van der Waals surface area contributed by atoms with Crippen molar-refractivity contribution in [2.45, 2.75) is 17.4 Å². The Kier molecular flexibility index (Phi) is 5.92. The minimum absolute atomic E-state index is 0.263. The second-order valence-electron chi connectivity index (χ2n) is 4.29. The lowest BCUT2D eigenvalue weighted by Gasteiger charge is -2.16. The molecule has 19 heavy (non-hydrogen) atoms. The van der Waals surface area contributed by atoms with Crippen LogP contribution in [0.3, 0.4) is 0 Å². The van der Waals surface area contributed by atoms with E-state index in [-0.39, 0.29) is 6.04 Å². The SMILES string of the molecule is NNC(CSc1ccccc1Br)Cc1ccccc1. The van der Waals surface area contributed by atoms with E-state index in [1.807, 2.05) is 23.9 Å². The Hall–Kier alpha value is -0.810. The number of nitrogens with two attached hydrogens (primary N) is 1. The Morgan fingerprint density at radius 2 is 1.74 bits per heavy atom. The molecule has 0 spiro atoms. The maximum absolute atomic E-state index is 5.65. The van der Waals surface area contributed by atoms with Gasteiger partial charge in [-0.15, -0.1) is 11.8 Å². The van der Waals surface area contributed by atoms with Gasteiger partial charge in [-0.3, -0.25) is 11.3 Å². The molecule has 4 heteroatoms. The number of hydrazine groups is 1. The summed E-state index contributed by atoms with van der Waals surface area (Å²) in [7, 11) is 0. The zero-order chi connectivity index (χ0) is 13.5. The van der Waals surface area contributed by atoms with Gasteiger partial charge in [-0.05, 0) is 40.0 Å². The highest BCUT2D eigenvalue weighted by molar-refractivity contribution is 9.10. The number of nitrogens with one attached hydrogen (secondary N) is 1. The quantitative estimate of drug-likeness (QED) is 0.480. The van der Waals surface area contributed by atoms with Gasteiger partial charge in [-0.25, -0.2) is 0 Å². The molecule has 0 aromatic heterocycles. The Bertz CT molecular complexity index is 505. The molecule has 100 valence electrons. The van der Waals surface area contributed by atoms with E-state index in [2.05, 4.69) is 63.8 Å². The molecule has 1 unspecified atom stereocenters. The third-order valence-corrected chi connectivity index (χ3v) is 5.03. The molecule has 0 radical (unpaired) electrons. The Balaban J connectivity index is 1.91. The van der Waals surface area contributed by atoms with Crippen LogP contribution in [0.25, 0.3) is 0 Å². The van der Waals surface area contributed by atoms with E-state index in [9.17, 15) is 0 Å². The van der Waals surface area contributed by atoms with Gasteiger partial charge in [0.15, 0.2) is 0 Å². The fourth-order valence-electron chi connectivity index (χ4n) is 1.82. The van der Waals surface area contributed by atoms with E-state index in [0.717, 1.165) is 16.6 Å². The molecule has 0 amide bonds. The fraction of sp³-hybridized carbons (Fsp3) is 0.200. The maximum atomic E-state index is 5.65. The van der Waals surface area contributed by atoms with Crippen LogP contribution in [-0.2, 0) is 6.42 Å². The van der Waals surface area contributed by atoms with Crippen molar-refractivity contribution in [2.24, 2.45) is 5.84 Å². The number of benzene rings is 2. The van der Waals surface area contributed by atoms with Crippen LogP contribution in [0, 0.1) is 0 Å². The molecule has 3 N–H and O–H groups in total. The summed E-state index contributed by atoms with van der Waals surface area (Å²) < 4.78 is 1.13.